The van der Waals surface area contributed by atoms with E-state index in [1.807, 2.05) is 6.07 Å². The zero-order valence-electron chi connectivity index (χ0n) is 16.1. The summed E-state index contributed by atoms with van der Waals surface area (Å²) in [6.45, 7) is 7.96. The number of ether oxygens (including phenoxy) is 3. The Morgan fingerprint density at radius 3 is 2.46 bits per heavy atom. The van der Waals surface area contributed by atoms with E-state index in [1.54, 1.807) is 0 Å². The minimum absolute atomic E-state index is 0.148. The van der Waals surface area contributed by atoms with Crippen molar-refractivity contribution < 1.29 is 24.1 Å². The van der Waals surface area contributed by atoms with Gasteiger partial charge < -0.3 is 19.3 Å². The third-order valence-corrected chi connectivity index (χ3v) is 4.82. The maximum atomic E-state index is 10.3. The van der Waals surface area contributed by atoms with Crippen molar-refractivity contribution in [2.75, 3.05) is 33.0 Å². The molecule has 5 nitrogen and oxygen atoms in total. The van der Waals surface area contributed by atoms with Gasteiger partial charge in [-0.1, -0.05) is 46.1 Å². The Balaban J connectivity index is 2.35. The monoisotopic (exact) mass is 430 g/mol. The molecule has 0 aliphatic heterocycles. The summed E-state index contributed by atoms with van der Waals surface area (Å²) in [6, 6.07) is 6.27. The number of carbonyl (C=O) groups is 1. The Morgan fingerprint density at radius 2 is 1.81 bits per heavy atom. The molecule has 1 rings (SSSR count). The molecule has 0 aromatic heterocycles. The Bertz CT molecular complexity index is 545. The predicted octanol–water partition coefficient (Wildman–Crippen LogP) is 4.80. The summed E-state index contributed by atoms with van der Waals surface area (Å²) in [5.41, 5.74) is 1.45. The van der Waals surface area contributed by atoms with E-state index in [9.17, 15) is 4.79 Å². The lowest BCUT2D eigenvalue weighted by Gasteiger charge is -2.26. The highest BCUT2D eigenvalue weighted by atomic mass is 79.9. The summed E-state index contributed by atoms with van der Waals surface area (Å²) < 4.78 is 16.9. The third-order valence-electron chi connectivity index (χ3n) is 4.20. The topological polar surface area (TPSA) is 65.0 Å². The molecule has 0 bridgehead atoms. The Kier molecular flexibility index (Phi) is 10.9. The van der Waals surface area contributed by atoms with Crippen LogP contribution in [0.2, 0.25) is 0 Å². The van der Waals surface area contributed by atoms with E-state index in [1.165, 1.54) is 31.2 Å². The van der Waals surface area contributed by atoms with Crippen molar-refractivity contribution in [2.24, 2.45) is 0 Å². The van der Waals surface area contributed by atoms with Gasteiger partial charge in [0.1, 0.15) is 19.0 Å². The molecule has 0 spiro atoms. The van der Waals surface area contributed by atoms with Gasteiger partial charge in [0.05, 0.1) is 24.3 Å². The number of halogens is 1. The lowest BCUT2D eigenvalue weighted by Crippen LogP contribution is -2.17. The number of unbranched alkanes of at least 4 members (excludes halogenated alkanes) is 2. The van der Waals surface area contributed by atoms with Gasteiger partial charge in [0, 0.05) is 0 Å². The second-order valence-electron chi connectivity index (χ2n) is 6.89. The number of aliphatic carboxylic acids is 1. The van der Waals surface area contributed by atoms with Crippen LogP contribution in [0.5, 0.6) is 5.75 Å². The number of carboxylic acids is 1. The molecule has 0 aliphatic carbocycles. The van der Waals surface area contributed by atoms with Crippen molar-refractivity contribution in [3.63, 3.8) is 0 Å². The van der Waals surface area contributed by atoms with Crippen molar-refractivity contribution in [3.8, 4) is 5.75 Å². The molecule has 0 saturated carbocycles. The van der Waals surface area contributed by atoms with E-state index >= 15 is 0 Å². The summed E-state index contributed by atoms with van der Waals surface area (Å²) in [5.74, 6) is -0.181. The van der Waals surface area contributed by atoms with Crippen LogP contribution < -0.4 is 4.74 Å². The van der Waals surface area contributed by atoms with Crippen molar-refractivity contribution >= 4 is 21.9 Å². The molecule has 26 heavy (non-hydrogen) atoms. The van der Waals surface area contributed by atoms with Crippen LogP contribution in [-0.4, -0.2) is 44.1 Å². The number of rotatable bonds is 14. The highest BCUT2D eigenvalue weighted by molar-refractivity contribution is 9.10. The zero-order valence-corrected chi connectivity index (χ0v) is 17.6. The molecule has 148 valence electrons. The molecule has 0 amide bonds. The molecule has 1 N–H and O–H groups in total. The van der Waals surface area contributed by atoms with Gasteiger partial charge in [0.15, 0.2) is 0 Å². The second-order valence-corrected chi connectivity index (χ2v) is 7.75. The first-order valence-electron chi connectivity index (χ1n) is 9.17. The summed E-state index contributed by atoms with van der Waals surface area (Å²) in [7, 11) is 0. The summed E-state index contributed by atoms with van der Waals surface area (Å²) in [6.07, 6.45) is 4.92. The van der Waals surface area contributed by atoms with E-state index in [-0.39, 0.29) is 18.6 Å². The van der Waals surface area contributed by atoms with Crippen LogP contribution in [-0.2, 0) is 19.7 Å². The van der Waals surface area contributed by atoms with E-state index in [4.69, 9.17) is 19.3 Å². The van der Waals surface area contributed by atoms with Crippen LogP contribution in [0.4, 0.5) is 0 Å². The van der Waals surface area contributed by atoms with Crippen LogP contribution in [0.1, 0.15) is 52.0 Å². The first-order valence-corrected chi connectivity index (χ1v) is 9.96. The van der Waals surface area contributed by atoms with Crippen LogP contribution >= 0.6 is 15.9 Å². The normalized spacial score (nSPS) is 11.5. The minimum atomic E-state index is -0.977. The molecule has 0 fully saturated rings. The minimum Gasteiger partial charge on any atom is -0.490 e. The van der Waals surface area contributed by atoms with Gasteiger partial charge in [0.2, 0.25) is 0 Å². The van der Waals surface area contributed by atoms with Crippen LogP contribution in [0.3, 0.4) is 0 Å². The fourth-order valence-corrected chi connectivity index (χ4v) is 3.08. The smallest absolute Gasteiger partial charge is 0.329 e. The van der Waals surface area contributed by atoms with Gasteiger partial charge in [-0.15, -0.1) is 0 Å². The summed E-state index contributed by atoms with van der Waals surface area (Å²) >= 11 is 3.60. The fraction of sp³-hybridized carbons (Fsp3) is 0.650. The van der Waals surface area contributed by atoms with Gasteiger partial charge in [-0.2, -0.15) is 0 Å². The molecule has 0 unspecified atom stereocenters. The van der Waals surface area contributed by atoms with Gasteiger partial charge >= 0.3 is 5.97 Å². The van der Waals surface area contributed by atoms with Gasteiger partial charge in [-0.3, -0.25) is 0 Å². The molecule has 1 aromatic rings. The van der Waals surface area contributed by atoms with Crippen molar-refractivity contribution in [1.29, 1.82) is 0 Å². The largest absolute Gasteiger partial charge is 0.490 e. The quantitative estimate of drug-likeness (QED) is 0.429. The van der Waals surface area contributed by atoms with Gasteiger partial charge in [-0.25, -0.2) is 4.79 Å². The SMILES string of the molecule is CCCCCC(C)(C)c1ccc(OCCOCCOCC(=O)O)c(Br)c1. The first kappa shape index (κ1) is 22.9. The Labute approximate surface area is 165 Å². The average molecular weight is 431 g/mol. The molecule has 0 heterocycles. The van der Waals surface area contributed by atoms with Crippen molar-refractivity contribution in [2.45, 2.75) is 51.9 Å². The molecule has 6 heteroatoms. The maximum absolute atomic E-state index is 10.3. The number of hydrogen-bond acceptors (Lipinski definition) is 4. The number of benzene rings is 1. The highest BCUT2D eigenvalue weighted by Crippen LogP contribution is 2.34. The summed E-state index contributed by atoms with van der Waals surface area (Å²) in [5, 5.41) is 8.44. The summed E-state index contributed by atoms with van der Waals surface area (Å²) in [4.78, 5) is 10.3. The van der Waals surface area contributed by atoms with Crippen LogP contribution in [0.15, 0.2) is 22.7 Å². The van der Waals surface area contributed by atoms with E-state index < -0.39 is 5.97 Å². The predicted molar refractivity (Wildman–Crippen MR) is 106 cm³/mol. The van der Waals surface area contributed by atoms with Gasteiger partial charge in [-0.05, 0) is 45.5 Å². The van der Waals surface area contributed by atoms with E-state index in [2.05, 4.69) is 48.8 Å². The number of carboxylic acid groups (broad SMARTS) is 1. The van der Waals surface area contributed by atoms with Crippen LogP contribution in [0.25, 0.3) is 0 Å². The Morgan fingerprint density at radius 1 is 1.12 bits per heavy atom. The molecular weight excluding hydrogens is 400 g/mol. The standard InChI is InChI=1S/C20H31BrO5/c1-4-5-6-9-20(2,3)16-7-8-18(17(21)14-16)26-13-12-24-10-11-25-15-19(22)23/h7-8,14H,4-6,9-13,15H2,1-3H3,(H,22,23). The average Bonchev–Trinajstić information content (AvgIpc) is 2.58. The van der Waals surface area contributed by atoms with Crippen molar-refractivity contribution in [1.82, 2.24) is 0 Å². The van der Waals surface area contributed by atoms with E-state index in [0.29, 0.717) is 19.8 Å². The van der Waals surface area contributed by atoms with Gasteiger partial charge in [0.25, 0.3) is 0 Å². The molecular formula is C20H31BrO5. The molecule has 0 aliphatic rings. The lowest BCUT2D eigenvalue weighted by molar-refractivity contribution is -0.142. The molecule has 1 aromatic carbocycles. The van der Waals surface area contributed by atoms with Crippen LogP contribution in [0, 0.1) is 0 Å². The zero-order chi connectivity index (χ0) is 19.4. The molecule has 0 saturated heterocycles. The lowest BCUT2D eigenvalue weighted by atomic mass is 9.80. The van der Waals surface area contributed by atoms with E-state index in [0.717, 1.165) is 10.2 Å². The third kappa shape index (κ3) is 9.01. The fourth-order valence-electron chi connectivity index (χ4n) is 2.59. The molecule has 0 radical (unpaired) electrons. The maximum Gasteiger partial charge on any atom is 0.329 e. The number of hydrogen-bond donors (Lipinski definition) is 1. The highest BCUT2D eigenvalue weighted by Gasteiger charge is 2.21. The molecule has 0 atom stereocenters. The second kappa shape index (κ2) is 12.3. The first-order chi connectivity index (χ1) is 12.4. The Hall–Kier alpha value is -1.11. The van der Waals surface area contributed by atoms with Crippen molar-refractivity contribution in [3.05, 3.63) is 28.2 Å².